The summed E-state index contributed by atoms with van der Waals surface area (Å²) in [5, 5.41) is 2.21. The number of rotatable bonds is 1. The van der Waals surface area contributed by atoms with E-state index in [9.17, 15) is 0 Å². The minimum Gasteiger partial charge on any atom is -0.341 e. The molecule has 1 aromatic carbocycles. The largest absolute Gasteiger partial charge is 0.341 e. The highest BCUT2D eigenvalue weighted by atomic mass is 32.1. The Hall–Kier alpha value is -1.61. The molecule has 1 atom stereocenters. The minimum absolute atomic E-state index is 0.465. The Morgan fingerprint density at radius 3 is 3.11 bits per heavy atom. The number of hydrogen-bond acceptors (Lipinski definition) is 2. The van der Waals surface area contributed by atoms with Gasteiger partial charge in [-0.3, -0.25) is 0 Å². The van der Waals surface area contributed by atoms with Gasteiger partial charge in [0.1, 0.15) is 5.82 Å². The van der Waals surface area contributed by atoms with E-state index in [1.807, 2.05) is 17.4 Å². The molecular weight excluding hydrogens is 240 g/mol. The van der Waals surface area contributed by atoms with Gasteiger partial charge in [-0.15, -0.1) is 11.3 Å². The Bertz CT molecular complexity index is 662. The molecule has 3 aromatic rings. The van der Waals surface area contributed by atoms with Gasteiger partial charge >= 0.3 is 0 Å². The molecule has 2 nitrogen and oxygen atoms in total. The number of benzene rings is 1. The molecule has 0 aliphatic heterocycles. The lowest BCUT2D eigenvalue weighted by atomic mass is 9.87. The van der Waals surface area contributed by atoms with Crippen LogP contribution in [0.2, 0.25) is 0 Å². The topological polar surface area (TPSA) is 28.7 Å². The van der Waals surface area contributed by atoms with Crippen molar-refractivity contribution in [3.63, 3.8) is 0 Å². The average Bonchev–Trinajstić information content (AvgIpc) is 3.04. The van der Waals surface area contributed by atoms with Gasteiger partial charge in [0.2, 0.25) is 0 Å². The molecule has 0 saturated heterocycles. The second kappa shape index (κ2) is 3.95. The molecule has 90 valence electrons. The Morgan fingerprint density at radius 1 is 1.22 bits per heavy atom. The zero-order valence-electron chi connectivity index (χ0n) is 10.0. The molecule has 4 rings (SSSR count). The quantitative estimate of drug-likeness (QED) is 0.696. The van der Waals surface area contributed by atoms with Crippen molar-refractivity contribution in [2.75, 3.05) is 0 Å². The number of aromatic nitrogens is 2. The van der Waals surface area contributed by atoms with Gasteiger partial charge in [0, 0.05) is 10.8 Å². The summed E-state index contributed by atoms with van der Waals surface area (Å²) in [6.45, 7) is 0. The second-order valence-electron chi connectivity index (χ2n) is 4.88. The Morgan fingerprint density at radius 2 is 2.17 bits per heavy atom. The van der Waals surface area contributed by atoms with Crippen molar-refractivity contribution >= 4 is 22.4 Å². The van der Waals surface area contributed by atoms with Crippen LogP contribution in [-0.4, -0.2) is 9.97 Å². The molecule has 3 heteroatoms. The van der Waals surface area contributed by atoms with E-state index in [4.69, 9.17) is 4.98 Å². The van der Waals surface area contributed by atoms with E-state index >= 15 is 0 Å². The number of imidazole rings is 1. The highest BCUT2D eigenvalue weighted by Crippen LogP contribution is 2.38. The van der Waals surface area contributed by atoms with E-state index in [0.717, 1.165) is 16.9 Å². The summed E-state index contributed by atoms with van der Waals surface area (Å²) in [6.07, 6.45) is 3.72. The smallest absolute Gasteiger partial charge is 0.114 e. The van der Waals surface area contributed by atoms with Crippen LogP contribution in [0.3, 0.4) is 0 Å². The number of para-hydroxylation sites is 2. The van der Waals surface area contributed by atoms with Crippen LogP contribution in [0, 0.1) is 0 Å². The summed E-state index contributed by atoms with van der Waals surface area (Å²) in [5.74, 6) is 1.60. The van der Waals surface area contributed by atoms with Crippen molar-refractivity contribution in [1.82, 2.24) is 9.97 Å². The van der Waals surface area contributed by atoms with Crippen LogP contribution in [0.5, 0.6) is 0 Å². The fraction of sp³-hybridized carbons (Fsp3) is 0.267. The van der Waals surface area contributed by atoms with Crippen molar-refractivity contribution in [1.29, 1.82) is 0 Å². The molecule has 0 spiro atoms. The van der Waals surface area contributed by atoms with Crippen molar-refractivity contribution in [2.24, 2.45) is 0 Å². The van der Waals surface area contributed by atoms with Gasteiger partial charge < -0.3 is 4.98 Å². The first-order chi connectivity index (χ1) is 8.92. The third-order valence-corrected chi connectivity index (χ3v) is 4.79. The fourth-order valence-corrected chi connectivity index (χ4v) is 3.90. The summed E-state index contributed by atoms with van der Waals surface area (Å²) >= 11 is 1.89. The van der Waals surface area contributed by atoms with Crippen LogP contribution >= 0.6 is 11.3 Å². The van der Waals surface area contributed by atoms with Crippen LogP contribution in [-0.2, 0) is 6.42 Å². The molecule has 0 bridgehead atoms. The molecule has 1 aliphatic rings. The van der Waals surface area contributed by atoms with E-state index in [-0.39, 0.29) is 0 Å². The van der Waals surface area contributed by atoms with Crippen LogP contribution < -0.4 is 0 Å². The molecule has 2 heterocycles. The van der Waals surface area contributed by atoms with Crippen LogP contribution in [0.25, 0.3) is 11.0 Å². The first kappa shape index (κ1) is 10.3. The molecule has 1 aliphatic carbocycles. The SMILES string of the molecule is c1ccc2[nH]c(C3CCCc4sccc43)nc2c1. The lowest BCUT2D eigenvalue weighted by Crippen LogP contribution is -2.09. The first-order valence-corrected chi connectivity index (χ1v) is 7.31. The van der Waals surface area contributed by atoms with Gasteiger partial charge in [-0.25, -0.2) is 4.98 Å². The Labute approximate surface area is 110 Å². The third kappa shape index (κ3) is 1.51. The van der Waals surface area contributed by atoms with E-state index in [1.165, 1.54) is 24.8 Å². The number of nitrogens with zero attached hydrogens (tertiary/aromatic N) is 1. The predicted molar refractivity (Wildman–Crippen MR) is 75.2 cm³/mol. The van der Waals surface area contributed by atoms with E-state index in [0.29, 0.717) is 5.92 Å². The summed E-state index contributed by atoms with van der Waals surface area (Å²) in [6, 6.07) is 10.6. The van der Waals surface area contributed by atoms with Crippen LogP contribution in [0.1, 0.15) is 35.0 Å². The van der Waals surface area contributed by atoms with Crippen molar-refractivity contribution in [3.8, 4) is 0 Å². The zero-order chi connectivity index (χ0) is 11.9. The highest BCUT2D eigenvalue weighted by molar-refractivity contribution is 7.10. The molecule has 0 fully saturated rings. The molecular formula is C15H14N2S. The van der Waals surface area contributed by atoms with Crippen LogP contribution in [0.15, 0.2) is 35.7 Å². The maximum absolute atomic E-state index is 4.76. The monoisotopic (exact) mass is 254 g/mol. The number of aromatic amines is 1. The van der Waals surface area contributed by atoms with Gasteiger partial charge in [-0.1, -0.05) is 12.1 Å². The lowest BCUT2D eigenvalue weighted by molar-refractivity contribution is 0.604. The van der Waals surface area contributed by atoms with Gasteiger partial charge in [-0.05, 0) is 48.4 Å². The molecule has 1 unspecified atom stereocenters. The minimum atomic E-state index is 0.465. The lowest BCUT2D eigenvalue weighted by Gasteiger charge is -2.20. The normalized spacial score (nSPS) is 19.0. The summed E-state index contributed by atoms with van der Waals surface area (Å²) in [7, 11) is 0. The fourth-order valence-electron chi connectivity index (χ4n) is 2.91. The summed E-state index contributed by atoms with van der Waals surface area (Å²) in [5.41, 5.74) is 3.72. The second-order valence-corrected chi connectivity index (χ2v) is 5.88. The molecule has 0 amide bonds. The van der Waals surface area contributed by atoms with Crippen molar-refractivity contribution in [3.05, 3.63) is 52.0 Å². The number of fused-ring (bicyclic) bond motifs is 2. The highest BCUT2D eigenvalue weighted by Gasteiger charge is 2.25. The van der Waals surface area contributed by atoms with Crippen LogP contribution in [0.4, 0.5) is 0 Å². The third-order valence-electron chi connectivity index (χ3n) is 3.79. The van der Waals surface area contributed by atoms with Gasteiger partial charge in [0.25, 0.3) is 0 Å². The Kier molecular flexibility index (Phi) is 2.27. The summed E-state index contributed by atoms with van der Waals surface area (Å²) < 4.78 is 0. The molecule has 18 heavy (non-hydrogen) atoms. The first-order valence-electron chi connectivity index (χ1n) is 6.43. The maximum Gasteiger partial charge on any atom is 0.114 e. The van der Waals surface area contributed by atoms with E-state index in [1.54, 1.807) is 4.88 Å². The number of aryl methyl sites for hydroxylation is 1. The van der Waals surface area contributed by atoms with Gasteiger partial charge in [0.05, 0.1) is 11.0 Å². The van der Waals surface area contributed by atoms with E-state index in [2.05, 4.69) is 34.6 Å². The Balaban J connectivity index is 1.84. The molecule has 1 N–H and O–H groups in total. The maximum atomic E-state index is 4.76. The van der Waals surface area contributed by atoms with Gasteiger partial charge in [-0.2, -0.15) is 0 Å². The van der Waals surface area contributed by atoms with Gasteiger partial charge in [0.15, 0.2) is 0 Å². The number of thiophene rings is 1. The van der Waals surface area contributed by atoms with E-state index < -0.39 is 0 Å². The number of nitrogens with one attached hydrogen (secondary N) is 1. The van der Waals surface area contributed by atoms with Crippen molar-refractivity contribution < 1.29 is 0 Å². The number of hydrogen-bond donors (Lipinski definition) is 1. The standard InChI is InChI=1S/C15H14N2S/c1-2-6-13-12(5-1)16-15(17-13)11-4-3-7-14-10(11)8-9-18-14/h1-2,5-6,8-9,11H,3-4,7H2,(H,16,17). The summed E-state index contributed by atoms with van der Waals surface area (Å²) in [4.78, 5) is 9.80. The molecule has 2 aromatic heterocycles. The van der Waals surface area contributed by atoms with Crippen molar-refractivity contribution in [2.45, 2.75) is 25.2 Å². The number of H-pyrrole nitrogens is 1. The molecule has 0 saturated carbocycles. The average molecular weight is 254 g/mol. The molecule has 0 radical (unpaired) electrons. The zero-order valence-corrected chi connectivity index (χ0v) is 10.8. The predicted octanol–water partition coefficient (Wildman–Crippen LogP) is 4.09.